The van der Waals surface area contributed by atoms with E-state index in [1.54, 1.807) is 12.3 Å². The zero-order valence-electron chi connectivity index (χ0n) is 11.2. The molecule has 1 aliphatic rings. The number of aromatic nitrogens is 1. The second-order valence-corrected chi connectivity index (χ2v) is 4.78. The Hall–Kier alpha value is -1.21. The number of ketones is 1. The third-order valence-corrected chi connectivity index (χ3v) is 3.55. The minimum absolute atomic E-state index is 0.000980. The number of ether oxygens (including phenoxy) is 2. The molecule has 0 spiro atoms. The van der Waals surface area contributed by atoms with Gasteiger partial charge in [0.15, 0.2) is 12.1 Å². The first-order valence-electron chi connectivity index (χ1n) is 6.16. The number of aliphatic hydroxyl groups excluding tert-OH is 2. The van der Waals surface area contributed by atoms with Crippen molar-refractivity contribution in [3.8, 4) is 0 Å². The molecule has 1 aromatic rings. The molecule has 2 rings (SSSR count). The molecule has 1 fully saturated rings. The summed E-state index contributed by atoms with van der Waals surface area (Å²) in [7, 11) is 1.41. The van der Waals surface area contributed by atoms with E-state index in [4.69, 9.17) is 9.47 Å². The lowest BCUT2D eigenvalue weighted by Gasteiger charge is -2.16. The summed E-state index contributed by atoms with van der Waals surface area (Å²) >= 11 is 0. The number of nitrogens with zero attached hydrogens (tertiary/aromatic N) is 1. The van der Waals surface area contributed by atoms with Crippen molar-refractivity contribution in [2.45, 2.75) is 45.0 Å². The standard InChI is InChI=1S/C13H19NO5/c1-7-9(8(2)15)4-5-14(7)6-10-11(16)12(17)13(18-3)19-10/h4-5,10-13,16-17H,6H2,1-3H3/t10-,11-,12-,13-/m1/s1. The maximum absolute atomic E-state index is 11.4. The van der Waals surface area contributed by atoms with Gasteiger partial charge in [-0.1, -0.05) is 0 Å². The lowest BCUT2D eigenvalue weighted by atomic mass is 10.1. The van der Waals surface area contributed by atoms with Crippen LogP contribution in [0.1, 0.15) is 23.0 Å². The molecule has 0 unspecified atom stereocenters. The number of hydrogen-bond donors (Lipinski definition) is 2. The Morgan fingerprint density at radius 1 is 1.47 bits per heavy atom. The molecule has 0 aromatic carbocycles. The molecule has 2 N–H and O–H groups in total. The third kappa shape index (κ3) is 2.57. The summed E-state index contributed by atoms with van der Waals surface area (Å²) in [5.41, 5.74) is 1.47. The number of carbonyl (C=O) groups excluding carboxylic acids is 1. The van der Waals surface area contributed by atoms with Gasteiger partial charge in [0.1, 0.15) is 18.3 Å². The van der Waals surface area contributed by atoms with Crippen LogP contribution in [0.5, 0.6) is 0 Å². The topological polar surface area (TPSA) is 80.9 Å². The first kappa shape index (κ1) is 14.2. The molecule has 0 radical (unpaired) electrons. The first-order chi connectivity index (χ1) is 8.95. The van der Waals surface area contributed by atoms with Crippen LogP contribution in [0.2, 0.25) is 0 Å². The van der Waals surface area contributed by atoms with E-state index in [1.807, 2.05) is 11.5 Å². The molecule has 1 aliphatic heterocycles. The Labute approximate surface area is 111 Å². The summed E-state index contributed by atoms with van der Waals surface area (Å²) in [6.45, 7) is 3.71. The fraction of sp³-hybridized carbons (Fsp3) is 0.615. The summed E-state index contributed by atoms with van der Waals surface area (Å²) in [5.74, 6) is -0.000980. The zero-order valence-corrected chi connectivity index (χ0v) is 11.2. The van der Waals surface area contributed by atoms with Crippen molar-refractivity contribution in [2.75, 3.05) is 7.11 Å². The average Bonchev–Trinajstić information content (AvgIpc) is 2.85. The Bertz CT molecular complexity index is 470. The number of rotatable bonds is 4. The van der Waals surface area contributed by atoms with Gasteiger partial charge in [-0.15, -0.1) is 0 Å². The highest BCUT2D eigenvalue weighted by atomic mass is 16.7. The monoisotopic (exact) mass is 269 g/mol. The normalized spacial score (nSPS) is 30.8. The number of carbonyl (C=O) groups is 1. The van der Waals surface area contributed by atoms with Gasteiger partial charge >= 0.3 is 0 Å². The van der Waals surface area contributed by atoms with Gasteiger partial charge in [-0.05, 0) is 19.9 Å². The molecule has 4 atom stereocenters. The van der Waals surface area contributed by atoms with E-state index < -0.39 is 24.6 Å². The van der Waals surface area contributed by atoms with Gasteiger partial charge < -0.3 is 24.3 Å². The van der Waals surface area contributed by atoms with Crippen LogP contribution in [0, 0.1) is 6.92 Å². The van der Waals surface area contributed by atoms with Crippen molar-refractivity contribution in [3.63, 3.8) is 0 Å². The zero-order chi connectivity index (χ0) is 14.2. The predicted molar refractivity (Wildman–Crippen MR) is 66.9 cm³/mol. The molecule has 2 heterocycles. The Morgan fingerprint density at radius 3 is 2.63 bits per heavy atom. The maximum Gasteiger partial charge on any atom is 0.186 e. The molecule has 0 bridgehead atoms. The van der Waals surface area contributed by atoms with Crippen molar-refractivity contribution in [2.24, 2.45) is 0 Å². The highest BCUT2D eigenvalue weighted by Crippen LogP contribution is 2.24. The summed E-state index contributed by atoms with van der Waals surface area (Å²) in [5, 5.41) is 19.6. The molecular weight excluding hydrogens is 250 g/mol. The maximum atomic E-state index is 11.4. The minimum Gasteiger partial charge on any atom is -0.387 e. The molecule has 0 amide bonds. The molecule has 1 aromatic heterocycles. The van der Waals surface area contributed by atoms with Crippen LogP contribution in [0.4, 0.5) is 0 Å². The van der Waals surface area contributed by atoms with E-state index >= 15 is 0 Å². The Kier molecular flexibility index (Phi) is 4.05. The molecule has 0 aliphatic carbocycles. The van der Waals surface area contributed by atoms with Crippen LogP contribution >= 0.6 is 0 Å². The van der Waals surface area contributed by atoms with E-state index in [0.717, 1.165) is 5.69 Å². The smallest absolute Gasteiger partial charge is 0.186 e. The quantitative estimate of drug-likeness (QED) is 0.757. The van der Waals surface area contributed by atoms with Crippen LogP contribution in [0.3, 0.4) is 0 Å². The molecule has 6 heteroatoms. The van der Waals surface area contributed by atoms with Crippen LogP contribution in [-0.2, 0) is 16.0 Å². The second kappa shape index (κ2) is 5.42. The van der Waals surface area contributed by atoms with Crippen LogP contribution in [0.15, 0.2) is 12.3 Å². The Balaban J connectivity index is 2.12. The molecular formula is C13H19NO5. The van der Waals surface area contributed by atoms with E-state index in [9.17, 15) is 15.0 Å². The number of aliphatic hydroxyl groups is 2. The van der Waals surface area contributed by atoms with E-state index in [-0.39, 0.29) is 5.78 Å². The SMILES string of the molecule is CO[C@@H]1O[C@H](Cn2ccc(C(C)=O)c2C)[C@@H](O)[C@H]1O. The highest BCUT2D eigenvalue weighted by Gasteiger charge is 2.43. The van der Waals surface area contributed by atoms with E-state index in [0.29, 0.717) is 12.1 Å². The van der Waals surface area contributed by atoms with Gasteiger partial charge in [-0.25, -0.2) is 0 Å². The van der Waals surface area contributed by atoms with E-state index in [1.165, 1.54) is 14.0 Å². The van der Waals surface area contributed by atoms with Crippen LogP contribution in [-0.4, -0.2) is 52.3 Å². The van der Waals surface area contributed by atoms with Crippen molar-refractivity contribution in [1.29, 1.82) is 0 Å². The summed E-state index contributed by atoms with van der Waals surface area (Å²) < 4.78 is 12.2. The van der Waals surface area contributed by atoms with Crippen LogP contribution in [0.25, 0.3) is 0 Å². The lowest BCUT2D eigenvalue weighted by Crippen LogP contribution is -2.34. The molecule has 19 heavy (non-hydrogen) atoms. The summed E-state index contributed by atoms with van der Waals surface area (Å²) in [6, 6.07) is 1.74. The summed E-state index contributed by atoms with van der Waals surface area (Å²) in [4.78, 5) is 11.4. The minimum atomic E-state index is -1.06. The average molecular weight is 269 g/mol. The van der Waals surface area contributed by atoms with Gasteiger partial charge in [0, 0.05) is 24.6 Å². The molecule has 0 saturated carbocycles. The Morgan fingerprint density at radius 2 is 2.16 bits per heavy atom. The fourth-order valence-corrected chi connectivity index (χ4v) is 2.38. The molecule has 1 saturated heterocycles. The summed E-state index contributed by atoms with van der Waals surface area (Å²) in [6.07, 6.45) is -1.67. The fourth-order valence-electron chi connectivity index (χ4n) is 2.38. The first-order valence-corrected chi connectivity index (χ1v) is 6.16. The van der Waals surface area contributed by atoms with Gasteiger partial charge in [0.25, 0.3) is 0 Å². The molecule has 106 valence electrons. The van der Waals surface area contributed by atoms with Gasteiger partial charge in [-0.3, -0.25) is 4.79 Å². The van der Waals surface area contributed by atoms with Gasteiger partial charge in [0.05, 0.1) is 6.54 Å². The number of hydrogen-bond acceptors (Lipinski definition) is 5. The van der Waals surface area contributed by atoms with Crippen molar-refractivity contribution in [1.82, 2.24) is 4.57 Å². The molecule has 6 nitrogen and oxygen atoms in total. The predicted octanol–water partition coefficient (Wildman–Crippen LogP) is 0.0922. The van der Waals surface area contributed by atoms with Gasteiger partial charge in [0.2, 0.25) is 0 Å². The van der Waals surface area contributed by atoms with E-state index in [2.05, 4.69) is 0 Å². The third-order valence-electron chi connectivity index (χ3n) is 3.55. The second-order valence-electron chi connectivity index (χ2n) is 4.78. The van der Waals surface area contributed by atoms with Crippen molar-refractivity contribution < 1.29 is 24.5 Å². The number of methoxy groups -OCH3 is 1. The van der Waals surface area contributed by atoms with Crippen molar-refractivity contribution in [3.05, 3.63) is 23.5 Å². The van der Waals surface area contributed by atoms with Gasteiger partial charge in [-0.2, -0.15) is 0 Å². The van der Waals surface area contributed by atoms with Crippen LogP contribution < -0.4 is 0 Å². The lowest BCUT2D eigenvalue weighted by molar-refractivity contribution is -0.150. The number of Topliss-reactive ketones (excluding diaryl/α,β-unsaturated/α-hetero) is 1. The van der Waals surface area contributed by atoms with Crippen molar-refractivity contribution >= 4 is 5.78 Å². The highest BCUT2D eigenvalue weighted by molar-refractivity contribution is 5.95. The largest absolute Gasteiger partial charge is 0.387 e.